The Balaban J connectivity index is 1.43. The minimum absolute atomic E-state index is 0.0913. The lowest BCUT2D eigenvalue weighted by Gasteiger charge is -2.18. The second-order valence-corrected chi connectivity index (χ2v) is 6.79. The van der Waals surface area contributed by atoms with Crippen molar-refractivity contribution in [1.82, 2.24) is 9.97 Å². The number of fused-ring (bicyclic) bond motifs is 1. The zero-order valence-electron chi connectivity index (χ0n) is 15.1. The minimum atomic E-state index is -4.71. The number of hydrogen-bond acceptors (Lipinski definition) is 5. The predicted octanol–water partition coefficient (Wildman–Crippen LogP) is 4.01. The smallest absolute Gasteiger partial charge is 0.488 e. The van der Waals surface area contributed by atoms with Crippen molar-refractivity contribution in [2.75, 3.05) is 23.7 Å². The van der Waals surface area contributed by atoms with Crippen molar-refractivity contribution in [3.63, 3.8) is 0 Å². The molecule has 0 radical (unpaired) electrons. The molecule has 4 rings (SSSR count). The summed E-state index contributed by atoms with van der Waals surface area (Å²) in [6, 6.07) is 9.58. The van der Waals surface area contributed by atoms with Gasteiger partial charge in [0, 0.05) is 18.7 Å². The summed E-state index contributed by atoms with van der Waals surface area (Å²) in [4.78, 5) is 9.92. The predicted molar refractivity (Wildman–Crippen MR) is 99.6 cm³/mol. The molecular weight excluding hydrogens is 373 g/mol. The number of nitrogens with zero attached hydrogens (tertiary/aromatic N) is 2. The molecule has 2 aromatic carbocycles. The number of nitrogen functional groups attached to an aromatic ring is 1. The molecule has 1 aliphatic rings. The molecular formula is C19H19F3N4O2. The molecule has 6 nitrogen and oxygen atoms in total. The van der Waals surface area contributed by atoms with Crippen molar-refractivity contribution in [2.45, 2.75) is 25.8 Å². The van der Waals surface area contributed by atoms with Gasteiger partial charge in [0.1, 0.15) is 17.6 Å². The number of alkyl halides is 3. The monoisotopic (exact) mass is 392 g/mol. The lowest BCUT2D eigenvalue weighted by atomic mass is 10.2. The van der Waals surface area contributed by atoms with Gasteiger partial charge in [-0.15, -0.1) is 13.2 Å². The minimum Gasteiger partial charge on any atom is -0.488 e. The molecule has 1 unspecified atom stereocenters. The van der Waals surface area contributed by atoms with Gasteiger partial charge in [-0.1, -0.05) is 0 Å². The van der Waals surface area contributed by atoms with E-state index in [0.717, 1.165) is 29.9 Å². The van der Waals surface area contributed by atoms with E-state index in [4.69, 9.17) is 10.5 Å². The van der Waals surface area contributed by atoms with E-state index in [-0.39, 0.29) is 11.9 Å². The van der Waals surface area contributed by atoms with Crippen LogP contribution < -0.4 is 20.1 Å². The third kappa shape index (κ3) is 3.92. The molecule has 1 atom stereocenters. The van der Waals surface area contributed by atoms with Crippen LogP contribution in [0.25, 0.3) is 11.0 Å². The Morgan fingerprint density at radius 2 is 2.04 bits per heavy atom. The average molecular weight is 392 g/mol. The lowest BCUT2D eigenvalue weighted by molar-refractivity contribution is -0.274. The van der Waals surface area contributed by atoms with E-state index in [1.807, 2.05) is 12.1 Å². The van der Waals surface area contributed by atoms with Gasteiger partial charge in [0.2, 0.25) is 5.95 Å². The van der Waals surface area contributed by atoms with Gasteiger partial charge >= 0.3 is 6.36 Å². The number of H-pyrrole nitrogens is 1. The van der Waals surface area contributed by atoms with Crippen LogP contribution in [0.5, 0.6) is 11.5 Å². The molecule has 2 heterocycles. The molecule has 1 aromatic heterocycles. The van der Waals surface area contributed by atoms with Gasteiger partial charge in [0.25, 0.3) is 0 Å². The fraction of sp³-hybridized carbons (Fsp3) is 0.316. The maximum Gasteiger partial charge on any atom is 0.573 e. The number of rotatable bonds is 4. The molecule has 1 saturated heterocycles. The summed E-state index contributed by atoms with van der Waals surface area (Å²) in [7, 11) is 0. The topological polar surface area (TPSA) is 76.4 Å². The molecule has 9 heteroatoms. The fourth-order valence-corrected chi connectivity index (χ4v) is 3.31. The number of benzene rings is 2. The highest BCUT2D eigenvalue weighted by Crippen LogP contribution is 2.30. The third-order valence-corrected chi connectivity index (χ3v) is 4.61. The van der Waals surface area contributed by atoms with Crippen molar-refractivity contribution < 1.29 is 22.6 Å². The van der Waals surface area contributed by atoms with E-state index in [1.54, 1.807) is 13.0 Å². The first-order chi connectivity index (χ1) is 13.3. The zero-order chi connectivity index (χ0) is 19.9. The maximum absolute atomic E-state index is 12.3. The molecule has 0 bridgehead atoms. The van der Waals surface area contributed by atoms with Crippen LogP contribution in [0.1, 0.15) is 12.0 Å². The largest absolute Gasteiger partial charge is 0.573 e. The van der Waals surface area contributed by atoms with E-state index in [9.17, 15) is 13.2 Å². The van der Waals surface area contributed by atoms with Crippen LogP contribution in [0.3, 0.4) is 0 Å². The standard InChI is InChI=1S/C19H19F3N4O2/c1-11-8-13(28-19(20,21)22)3-5-17(11)27-14-6-7-26(10-14)18-24-15-4-2-12(23)9-16(15)25-18/h2-5,8-9,14H,6-7,10,23H2,1H3,(H,24,25). The van der Waals surface area contributed by atoms with Gasteiger partial charge < -0.3 is 25.1 Å². The second kappa shape index (κ2) is 6.81. The van der Waals surface area contributed by atoms with Gasteiger partial charge in [0.15, 0.2) is 0 Å². The SMILES string of the molecule is Cc1cc(OC(F)(F)F)ccc1OC1CCN(c2nc3ccc(N)cc3[nH]2)C1. The Labute approximate surface area is 159 Å². The molecule has 1 aliphatic heterocycles. The van der Waals surface area contributed by atoms with Crippen molar-refractivity contribution in [3.8, 4) is 11.5 Å². The maximum atomic E-state index is 12.3. The Morgan fingerprint density at radius 3 is 2.79 bits per heavy atom. The Morgan fingerprint density at radius 1 is 1.21 bits per heavy atom. The Kier molecular flexibility index (Phi) is 4.44. The summed E-state index contributed by atoms with van der Waals surface area (Å²) in [6.45, 7) is 3.07. The molecule has 148 valence electrons. The van der Waals surface area contributed by atoms with E-state index in [0.29, 0.717) is 23.5 Å². The number of aromatic amines is 1. The molecule has 0 saturated carbocycles. The summed E-state index contributed by atoms with van der Waals surface area (Å²) in [5.41, 5.74) is 8.76. The van der Waals surface area contributed by atoms with Gasteiger partial charge in [-0.3, -0.25) is 0 Å². The summed E-state index contributed by atoms with van der Waals surface area (Å²) >= 11 is 0. The quantitative estimate of drug-likeness (QED) is 0.656. The summed E-state index contributed by atoms with van der Waals surface area (Å²) < 4.78 is 46.9. The molecule has 0 aliphatic carbocycles. The normalized spacial score (nSPS) is 17.3. The zero-order valence-corrected chi connectivity index (χ0v) is 15.1. The van der Waals surface area contributed by atoms with Crippen LogP contribution in [0, 0.1) is 6.92 Å². The van der Waals surface area contributed by atoms with E-state index >= 15 is 0 Å². The molecule has 3 N–H and O–H groups in total. The van der Waals surface area contributed by atoms with Gasteiger partial charge in [-0.2, -0.15) is 0 Å². The Bertz CT molecular complexity index is 1000. The molecule has 28 heavy (non-hydrogen) atoms. The van der Waals surface area contributed by atoms with Crippen LogP contribution in [0.4, 0.5) is 24.8 Å². The highest BCUT2D eigenvalue weighted by Gasteiger charge is 2.31. The van der Waals surface area contributed by atoms with Crippen molar-refractivity contribution in [2.24, 2.45) is 0 Å². The first-order valence-electron chi connectivity index (χ1n) is 8.80. The highest BCUT2D eigenvalue weighted by atomic mass is 19.4. The van der Waals surface area contributed by atoms with E-state index < -0.39 is 6.36 Å². The number of nitrogens with two attached hydrogens (primary N) is 1. The number of hydrogen-bond donors (Lipinski definition) is 2. The number of aromatic nitrogens is 2. The summed E-state index contributed by atoms with van der Waals surface area (Å²) in [5.74, 6) is 1.03. The first-order valence-corrected chi connectivity index (χ1v) is 8.80. The summed E-state index contributed by atoms with van der Waals surface area (Å²) in [5, 5.41) is 0. The molecule has 3 aromatic rings. The van der Waals surface area contributed by atoms with Gasteiger partial charge in [-0.25, -0.2) is 4.98 Å². The highest BCUT2D eigenvalue weighted by molar-refractivity contribution is 5.80. The average Bonchev–Trinajstić information content (AvgIpc) is 3.22. The van der Waals surface area contributed by atoms with Gasteiger partial charge in [0.05, 0.1) is 17.6 Å². The van der Waals surface area contributed by atoms with Crippen LogP contribution >= 0.6 is 0 Å². The lowest BCUT2D eigenvalue weighted by Crippen LogP contribution is -2.25. The Hall–Kier alpha value is -3.10. The number of nitrogens with one attached hydrogen (secondary N) is 1. The molecule has 1 fully saturated rings. The number of halogens is 3. The van der Waals surface area contributed by atoms with Gasteiger partial charge in [-0.05, 0) is 48.9 Å². The van der Waals surface area contributed by atoms with Crippen LogP contribution in [-0.2, 0) is 0 Å². The number of anilines is 2. The van der Waals surface area contributed by atoms with Crippen LogP contribution in [0.2, 0.25) is 0 Å². The number of aryl methyl sites for hydroxylation is 1. The summed E-state index contributed by atoms with van der Waals surface area (Å²) in [6.07, 6.45) is -4.02. The fourth-order valence-electron chi connectivity index (χ4n) is 3.31. The van der Waals surface area contributed by atoms with Crippen molar-refractivity contribution >= 4 is 22.7 Å². The number of ether oxygens (including phenoxy) is 2. The van der Waals surface area contributed by atoms with Crippen molar-refractivity contribution in [1.29, 1.82) is 0 Å². The molecule has 0 spiro atoms. The first kappa shape index (κ1) is 18.3. The van der Waals surface area contributed by atoms with Crippen LogP contribution in [-0.4, -0.2) is 35.5 Å². The third-order valence-electron chi connectivity index (χ3n) is 4.61. The van der Waals surface area contributed by atoms with Crippen molar-refractivity contribution in [3.05, 3.63) is 42.0 Å². The molecule has 0 amide bonds. The van der Waals surface area contributed by atoms with Crippen LogP contribution in [0.15, 0.2) is 36.4 Å². The van der Waals surface area contributed by atoms with E-state index in [1.165, 1.54) is 18.2 Å². The van der Waals surface area contributed by atoms with E-state index in [2.05, 4.69) is 19.6 Å². The number of imidazole rings is 1. The second-order valence-electron chi connectivity index (χ2n) is 6.79.